The molecule has 0 fully saturated rings. The summed E-state index contributed by atoms with van der Waals surface area (Å²) < 4.78 is 0. The summed E-state index contributed by atoms with van der Waals surface area (Å²) in [4.78, 5) is 16.0. The summed E-state index contributed by atoms with van der Waals surface area (Å²) in [5.74, 6) is 0. The fourth-order valence-corrected chi connectivity index (χ4v) is 0.711. The van der Waals surface area contributed by atoms with Gasteiger partial charge < -0.3 is 9.59 Å². The summed E-state index contributed by atoms with van der Waals surface area (Å²) in [5, 5.41) is 7.73. The second-order valence-corrected chi connectivity index (χ2v) is 2.78. The van der Waals surface area contributed by atoms with Crippen LogP contribution < -0.4 is 0 Å². The molecule has 0 aliphatic heterocycles. The molecule has 3 heteroatoms. The molecule has 3 nitrogen and oxygen atoms in total. The zero-order valence-corrected chi connectivity index (χ0v) is 10.6. The number of carbonyl (C=O) groups is 2. The van der Waals surface area contributed by atoms with Crippen LogP contribution in [0.5, 0.6) is 0 Å². The molecule has 0 heterocycles. The first-order valence-electron chi connectivity index (χ1n) is 4.82. The molecule has 0 radical (unpaired) electrons. The van der Waals surface area contributed by atoms with Crippen molar-refractivity contribution < 1.29 is 9.59 Å². The summed E-state index contributed by atoms with van der Waals surface area (Å²) in [6.45, 7) is 10.0. The Labute approximate surface area is 103 Å². The van der Waals surface area contributed by atoms with Gasteiger partial charge in [0.05, 0.1) is 6.07 Å². The fraction of sp³-hybridized carbons (Fsp3) is 0.214. The normalized spacial score (nSPS) is 7.18. The van der Waals surface area contributed by atoms with E-state index in [0.29, 0.717) is 0 Å². The number of benzene rings is 1. The van der Waals surface area contributed by atoms with Crippen molar-refractivity contribution in [3.8, 4) is 6.07 Å². The van der Waals surface area contributed by atoms with Crippen molar-refractivity contribution in [1.82, 2.24) is 0 Å². The van der Waals surface area contributed by atoms with Crippen LogP contribution in [0.3, 0.4) is 0 Å². The maximum atomic E-state index is 8.00. The third-order valence-electron chi connectivity index (χ3n) is 1.46. The number of nitrogens with zero attached hydrogens (tertiary/aromatic N) is 1. The number of rotatable bonds is 0. The Hall–Kier alpha value is -2.21. The lowest BCUT2D eigenvalue weighted by molar-refractivity contribution is -0.0987. The van der Waals surface area contributed by atoms with Crippen molar-refractivity contribution in [2.45, 2.75) is 20.8 Å². The molecule has 0 bridgehead atoms. The third-order valence-corrected chi connectivity index (χ3v) is 1.46. The molecule has 0 atom stereocenters. The second kappa shape index (κ2) is 19.4. The van der Waals surface area contributed by atoms with Crippen molar-refractivity contribution in [2.24, 2.45) is 0 Å². The van der Waals surface area contributed by atoms with Crippen molar-refractivity contribution in [3.05, 3.63) is 47.5 Å². The predicted molar refractivity (Wildman–Crippen MR) is 70.6 cm³/mol. The smallest absolute Gasteiger partial charge is 0.106 e. The standard InChI is InChI=1S/C8H10.C4H5N.2CH2O/c1-7-3-5-8(2)6-4-7;1-2-3-4-5;2*1-2/h3-6H,1-2H3;2-3H,1H3;2*1H2/b;3-2-;;. The Morgan fingerprint density at radius 3 is 1.41 bits per heavy atom. The molecule has 92 valence electrons. The highest BCUT2D eigenvalue weighted by Crippen LogP contribution is 1.99. The van der Waals surface area contributed by atoms with Gasteiger partial charge in [-0.3, -0.25) is 0 Å². The van der Waals surface area contributed by atoms with E-state index >= 15 is 0 Å². The van der Waals surface area contributed by atoms with Crippen LogP contribution in [0.2, 0.25) is 0 Å². The Balaban J connectivity index is -0.000000190. The Morgan fingerprint density at radius 2 is 1.29 bits per heavy atom. The lowest BCUT2D eigenvalue weighted by atomic mass is 10.2. The fourth-order valence-electron chi connectivity index (χ4n) is 0.711. The first-order chi connectivity index (χ1) is 8.20. The molecule has 0 spiro atoms. The number of hydrogen-bond acceptors (Lipinski definition) is 3. The van der Waals surface area contributed by atoms with Gasteiger partial charge in [-0.1, -0.05) is 41.5 Å². The molecule has 0 N–H and O–H groups in total. The SMILES string of the molecule is C/C=C\C#N.C=O.C=O.Cc1ccc(C)cc1. The summed E-state index contributed by atoms with van der Waals surface area (Å²) in [6.07, 6.45) is 3.12. The highest BCUT2D eigenvalue weighted by atomic mass is 16.1. The van der Waals surface area contributed by atoms with Crippen molar-refractivity contribution >= 4 is 13.6 Å². The molecule has 0 saturated heterocycles. The number of aryl methyl sites for hydroxylation is 2. The highest BCUT2D eigenvalue weighted by molar-refractivity contribution is 5.19. The number of hydrogen-bond donors (Lipinski definition) is 0. The molecule has 0 aliphatic carbocycles. The summed E-state index contributed by atoms with van der Waals surface area (Å²) in [6, 6.07) is 10.3. The lowest BCUT2D eigenvalue weighted by Crippen LogP contribution is -1.70. The number of allylic oxidation sites excluding steroid dienone is 2. The van der Waals surface area contributed by atoms with Gasteiger partial charge in [-0.2, -0.15) is 5.26 Å². The van der Waals surface area contributed by atoms with E-state index in [0.717, 1.165) is 0 Å². The van der Waals surface area contributed by atoms with E-state index in [1.165, 1.54) is 17.2 Å². The van der Waals surface area contributed by atoms with Crippen LogP contribution in [-0.2, 0) is 9.59 Å². The first kappa shape index (κ1) is 20.2. The van der Waals surface area contributed by atoms with E-state index in [4.69, 9.17) is 14.9 Å². The minimum absolute atomic E-state index is 1.33. The third kappa shape index (κ3) is 20.0. The van der Waals surface area contributed by atoms with Gasteiger partial charge in [-0.05, 0) is 20.8 Å². The molecule has 0 saturated carbocycles. The Kier molecular flexibility index (Phi) is 23.1. The van der Waals surface area contributed by atoms with Gasteiger partial charge in [0.1, 0.15) is 13.6 Å². The van der Waals surface area contributed by atoms with E-state index in [2.05, 4.69) is 38.1 Å². The predicted octanol–water partition coefficient (Wildman–Crippen LogP) is 3.02. The Bertz CT molecular complexity index is 300. The quantitative estimate of drug-likeness (QED) is 0.647. The van der Waals surface area contributed by atoms with Gasteiger partial charge >= 0.3 is 0 Å². The molecule has 0 unspecified atom stereocenters. The zero-order valence-electron chi connectivity index (χ0n) is 10.6. The van der Waals surface area contributed by atoms with Crippen molar-refractivity contribution in [1.29, 1.82) is 5.26 Å². The van der Waals surface area contributed by atoms with E-state index in [1.54, 1.807) is 6.08 Å². The maximum absolute atomic E-state index is 8.00. The summed E-state index contributed by atoms with van der Waals surface area (Å²) >= 11 is 0. The van der Waals surface area contributed by atoms with E-state index in [9.17, 15) is 0 Å². The molecule has 0 aliphatic rings. The highest BCUT2D eigenvalue weighted by Gasteiger charge is 1.79. The van der Waals surface area contributed by atoms with Crippen LogP contribution in [0.1, 0.15) is 18.1 Å². The molecule has 1 aromatic carbocycles. The minimum atomic E-state index is 1.33. The van der Waals surface area contributed by atoms with Crippen LogP contribution in [0.25, 0.3) is 0 Å². The monoisotopic (exact) mass is 233 g/mol. The van der Waals surface area contributed by atoms with Crippen LogP contribution in [0, 0.1) is 25.2 Å². The molecular formula is C14H19NO2. The molecule has 1 rings (SSSR count). The minimum Gasteiger partial charge on any atom is -0.307 e. The van der Waals surface area contributed by atoms with Gasteiger partial charge in [0.15, 0.2) is 0 Å². The van der Waals surface area contributed by atoms with E-state index in [-0.39, 0.29) is 0 Å². The summed E-state index contributed by atoms with van der Waals surface area (Å²) in [5.41, 5.74) is 2.66. The van der Waals surface area contributed by atoms with Crippen LogP contribution in [0.15, 0.2) is 36.4 Å². The van der Waals surface area contributed by atoms with E-state index < -0.39 is 0 Å². The second-order valence-electron chi connectivity index (χ2n) is 2.78. The average molecular weight is 233 g/mol. The van der Waals surface area contributed by atoms with Gasteiger partial charge in [0.25, 0.3) is 0 Å². The molecular weight excluding hydrogens is 214 g/mol. The van der Waals surface area contributed by atoms with E-state index in [1.807, 2.05) is 26.6 Å². The zero-order chi connectivity index (χ0) is 14.1. The van der Waals surface area contributed by atoms with Crippen LogP contribution in [0.4, 0.5) is 0 Å². The van der Waals surface area contributed by atoms with Crippen molar-refractivity contribution in [3.63, 3.8) is 0 Å². The topological polar surface area (TPSA) is 57.9 Å². The van der Waals surface area contributed by atoms with Crippen LogP contribution in [-0.4, -0.2) is 13.6 Å². The molecule has 0 aromatic heterocycles. The average Bonchev–Trinajstić information content (AvgIpc) is 2.40. The van der Waals surface area contributed by atoms with Gasteiger partial charge in [0, 0.05) is 6.08 Å². The van der Waals surface area contributed by atoms with Gasteiger partial charge in [-0.15, -0.1) is 0 Å². The van der Waals surface area contributed by atoms with Crippen molar-refractivity contribution in [2.75, 3.05) is 0 Å². The largest absolute Gasteiger partial charge is 0.307 e. The molecule has 1 aromatic rings. The van der Waals surface area contributed by atoms with Gasteiger partial charge in [0.2, 0.25) is 0 Å². The summed E-state index contributed by atoms with van der Waals surface area (Å²) in [7, 11) is 0. The van der Waals surface area contributed by atoms with Gasteiger partial charge in [-0.25, -0.2) is 0 Å². The first-order valence-corrected chi connectivity index (χ1v) is 4.82. The molecule has 17 heavy (non-hydrogen) atoms. The maximum Gasteiger partial charge on any atom is 0.106 e. The van der Waals surface area contributed by atoms with Crippen LogP contribution >= 0.6 is 0 Å². The lowest BCUT2D eigenvalue weighted by Gasteiger charge is -1.90. The number of carbonyl (C=O) groups excluding carboxylic acids is 2. The molecule has 0 amide bonds. The Morgan fingerprint density at radius 1 is 1.00 bits per heavy atom. The number of nitriles is 1.